The van der Waals surface area contributed by atoms with Gasteiger partial charge in [-0.1, -0.05) is 12.1 Å². The van der Waals surface area contributed by atoms with Crippen molar-refractivity contribution in [2.75, 3.05) is 7.11 Å². The van der Waals surface area contributed by atoms with E-state index in [-0.39, 0.29) is 0 Å². The van der Waals surface area contributed by atoms with Crippen LogP contribution in [0.2, 0.25) is 0 Å². The fraction of sp³-hybridized carbons (Fsp3) is 0.167. The van der Waals surface area contributed by atoms with Crippen molar-refractivity contribution >= 4 is 23.9 Å². The summed E-state index contributed by atoms with van der Waals surface area (Å²) in [5.41, 5.74) is 6.09. The Morgan fingerprint density at radius 3 is 2.32 bits per heavy atom. The number of benzene rings is 1. The highest BCUT2D eigenvalue weighted by molar-refractivity contribution is 5.98. The van der Waals surface area contributed by atoms with Crippen LogP contribution in [0.1, 0.15) is 37.8 Å². The van der Waals surface area contributed by atoms with E-state index in [1.807, 2.05) is 0 Å². The minimum absolute atomic E-state index is 0.361. The third-order valence-electron chi connectivity index (χ3n) is 3.34. The second-order valence-electron chi connectivity index (χ2n) is 5.22. The van der Waals surface area contributed by atoms with E-state index < -0.39 is 17.8 Å². The van der Waals surface area contributed by atoms with E-state index in [1.165, 1.54) is 13.2 Å². The van der Waals surface area contributed by atoms with Gasteiger partial charge >= 0.3 is 5.97 Å². The van der Waals surface area contributed by atoms with Crippen molar-refractivity contribution < 1.29 is 23.5 Å². The Kier molecular flexibility index (Phi) is 5.73. The number of aryl methyl sites for hydroxylation is 2. The van der Waals surface area contributed by atoms with E-state index >= 15 is 0 Å². The molecule has 7 heteroatoms. The maximum absolute atomic E-state index is 11.9. The largest absolute Gasteiger partial charge is 0.466 e. The summed E-state index contributed by atoms with van der Waals surface area (Å²) in [6.07, 6.45) is 2.82. The van der Waals surface area contributed by atoms with E-state index in [9.17, 15) is 14.4 Å². The molecule has 1 aromatic heterocycles. The maximum Gasteiger partial charge on any atom is 0.337 e. The lowest BCUT2D eigenvalue weighted by atomic mass is 10.1. The zero-order valence-electron chi connectivity index (χ0n) is 14.1. The third kappa shape index (κ3) is 4.81. The van der Waals surface area contributed by atoms with Crippen molar-refractivity contribution in [1.82, 2.24) is 10.9 Å². The molecule has 2 amide bonds. The van der Waals surface area contributed by atoms with Gasteiger partial charge in [0.1, 0.15) is 11.5 Å². The molecule has 0 aliphatic heterocycles. The number of esters is 1. The number of hydrazine groups is 1. The van der Waals surface area contributed by atoms with Gasteiger partial charge in [-0.3, -0.25) is 20.4 Å². The van der Waals surface area contributed by atoms with Crippen LogP contribution in [0.4, 0.5) is 0 Å². The first-order valence-corrected chi connectivity index (χ1v) is 7.44. The smallest absolute Gasteiger partial charge is 0.337 e. The highest BCUT2D eigenvalue weighted by Crippen LogP contribution is 2.13. The molecular formula is C18H18N2O5. The first-order chi connectivity index (χ1) is 11.9. The fourth-order valence-electron chi connectivity index (χ4n) is 2.10. The Hall–Kier alpha value is -3.35. The standard InChI is InChI=1S/C18H18N2O5/c1-11-10-15(12(2)25-11)17(22)20-19-16(21)9-6-13-4-7-14(8-5-13)18(23)24-3/h4-10H,1-3H3,(H,19,21)(H,20,22)/b9-6+. The van der Waals surface area contributed by atoms with Crippen molar-refractivity contribution in [3.8, 4) is 0 Å². The van der Waals surface area contributed by atoms with Crippen LogP contribution in [0, 0.1) is 13.8 Å². The predicted octanol–water partition coefficient (Wildman–Crippen LogP) is 2.16. The first-order valence-electron chi connectivity index (χ1n) is 7.44. The second kappa shape index (κ2) is 7.96. The average Bonchev–Trinajstić information content (AvgIpc) is 2.96. The van der Waals surface area contributed by atoms with Gasteiger partial charge in [-0.2, -0.15) is 0 Å². The van der Waals surface area contributed by atoms with Gasteiger partial charge in [0.2, 0.25) is 0 Å². The number of amides is 2. The molecule has 25 heavy (non-hydrogen) atoms. The molecule has 2 rings (SSSR count). The third-order valence-corrected chi connectivity index (χ3v) is 3.34. The van der Waals surface area contributed by atoms with Crippen LogP contribution in [0.15, 0.2) is 40.8 Å². The highest BCUT2D eigenvalue weighted by atomic mass is 16.5. The molecule has 0 fully saturated rings. The number of furan rings is 1. The molecule has 0 unspecified atom stereocenters. The first kappa shape index (κ1) is 18.0. The molecular weight excluding hydrogens is 324 g/mol. The van der Waals surface area contributed by atoms with Crippen molar-refractivity contribution in [2.45, 2.75) is 13.8 Å². The Balaban J connectivity index is 1.89. The van der Waals surface area contributed by atoms with E-state index in [4.69, 9.17) is 4.42 Å². The van der Waals surface area contributed by atoms with Crippen LogP contribution in [-0.4, -0.2) is 24.9 Å². The summed E-state index contributed by atoms with van der Waals surface area (Å²) in [6.45, 7) is 3.40. The van der Waals surface area contributed by atoms with Crippen molar-refractivity contribution in [3.63, 3.8) is 0 Å². The summed E-state index contributed by atoms with van der Waals surface area (Å²) >= 11 is 0. The van der Waals surface area contributed by atoms with Gasteiger partial charge in [0.05, 0.1) is 18.2 Å². The van der Waals surface area contributed by atoms with Crippen LogP contribution < -0.4 is 10.9 Å². The Morgan fingerprint density at radius 2 is 1.76 bits per heavy atom. The Bertz CT molecular complexity index is 818. The lowest BCUT2D eigenvalue weighted by Crippen LogP contribution is -2.40. The molecule has 0 saturated carbocycles. The maximum atomic E-state index is 11.9. The van der Waals surface area contributed by atoms with Crippen molar-refractivity contribution in [3.05, 3.63) is 64.6 Å². The summed E-state index contributed by atoms with van der Waals surface area (Å²) in [5.74, 6) is -0.294. The van der Waals surface area contributed by atoms with Gasteiger partial charge in [-0.25, -0.2) is 4.79 Å². The minimum atomic E-state index is -0.497. The van der Waals surface area contributed by atoms with Crippen LogP contribution in [0.25, 0.3) is 6.08 Å². The Morgan fingerprint density at radius 1 is 1.08 bits per heavy atom. The molecule has 130 valence electrons. The molecule has 1 heterocycles. The predicted molar refractivity (Wildman–Crippen MR) is 90.6 cm³/mol. The number of hydrogen-bond acceptors (Lipinski definition) is 5. The molecule has 0 aliphatic rings. The van der Waals surface area contributed by atoms with Gasteiger partial charge in [0.25, 0.3) is 11.8 Å². The fourth-order valence-corrected chi connectivity index (χ4v) is 2.10. The SMILES string of the molecule is COC(=O)c1ccc(/C=C/C(=O)NNC(=O)c2cc(C)oc2C)cc1. The number of hydrogen-bond donors (Lipinski definition) is 2. The molecule has 0 bridgehead atoms. The van der Waals surface area contributed by atoms with Crippen LogP contribution >= 0.6 is 0 Å². The normalized spacial score (nSPS) is 10.5. The van der Waals surface area contributed by atoms with Crippen molar-refractivity contribution in [2.24, 2.45) is 0 Å². The van der Waals surface area contributed by atoms with E-state index in [1.54, 1.807) is 50.3 Å². The van der Waals surface area contributed by atoms with Crippen LogP contribution in [-0.2, 0) is 9.53 Å². The highest BCUT2D eigenvalue weighted by Gasteiger charge is 2.13. The summed E-state index contributed by atoms with van der Waals surface area (Å²) in [6, 6.07) is 8.12. The molecule has 0 aliphatic carbocycles. The molecule has 7 nitrogen and oxygen atoms in total. The number of ether oxygens (including phenoxy) is 1. The van der Waals surface area contributed by atoms with Gasteiger partial charge in [0.15, 0.2) is 0 Å². The minimum Gasteiger partial charge on any atom is -0.466 e. The summed E-state index contributed by atoms with van der Waals surface area (Å²) in [5, 5.41) is 0. The van der Waals surface area contributed by atoms with Gasteiger partial charge in [-0.15, -0.1) is 0 Å². The van der Waals surface area contributed by atoms with E-state index in [2.05, 4.69) is 15.6 Å². The molecule has 0 radical (unpaired) electrons. The summed E-state index contributed by atoms with van der Waals surface area (Å²) in [7, 11) is 1.31. The number of carbonyl (C=O) groups excluding carboxylic acids is 3. The zero-order chi connectivity index (χ0) is 18.4. The molecule has 1 aromatic carbocycles. The lowest BCUT2D eigenvalue weighted by molar-refractivity contribution is -0.117. The van der Waals surface area contributed by atoms with Gasteiger partial charge in [0, 0.05) is 6.08 Å². The van der Waals surface area contributed by atoms with Crippen LogP contribution in [0.3, 0.4) is 0 Å². The molecule has 0 spiro atoms. The van der Waals surface area contributed by atoms with E-state index in [0.29, 0.717) is 22.6 Å². The topological polar surface area (TPSA) is 97.6 Å². The molecule has 0 saturated heterocycles. The molecule has 2 aromatic rings. The second-order valence-corrected chi connectivity index (χ2v) is 5.22. The lowest BCUT2D eigenvalue weighted by Gasteiger charge is -2.04. The number of nitrogens with one attached hydrogen (secondary N) is 2. The van der Waals surface area contributed by atoms with Crippen LogP contribution in [0.5, 0.6) is 0 Å². The quantitative estimate of drug-likeness (QED) is 0.504. The van der Waals surface area contributed by atoms with Crippen molar-refractivity contribution in [1.29, 1.82) is 0 Å². The number of rotatable bonds is 4. The number of methoxy groups -OCH3 is 1. The van der Waals surface area contributed by atoms with Gasteiger partial charge < -0.3 is 9.15 Å². The molecule has 0 atom stereocenters. The van der Waals surface area contributed by atoms with Gasteiger partial charge in [-0.05, 0) is 43.7 Å². The Labute approximate surface area is 144 Å². The summed E-state index contributed by atoms with van der Waals surface area (Å²) < 4.78 is 9.87. The number of carbonyl (C=O) groups is 3. The monoisotopic (exact) mass is 342 g/mol. The average molecular weight is 342 g/mol. The zero-order valence-corrected chi connectivity index (χ0v) is 14.1. The summed E-state index contributed by atoms with van der Waals surface area (Å²) in [4.78, 5) is 35.0. The molecule has 2 N–H and O–H groups in total. The van der Waals surface area contributed by atoms with E-state index in [0.717, 1.165) is 5.56 Å².